The number of hydrogen-bond donors (Lipinski definition) is 0. The number of rotatable bonds is 7. The monoisotopic (exact) mass is 441 g/mol. The van der Waals surface area contributed by atoms with Gasteiger partial charge in [0.1, 0.15) is 11.9 Å². The minimum atomic E-state index is -0.162. The molecule has 1 aromatic carbocycles. The maximum Gasteiger partial charge on any atom is 0.302 e. The van der Waals surface area contributed by atoms with Gasteiger partial charge in [-0.25, -0.2) is 0 Å². The average molecular weight is 442 g/mol. The Morgan fingerprint density at radius 3 is 2.75 bits per heavy atom. The number of carbonyl (C=O) groups is 1. The number of nitrogens with zero attached hydrogens (tertiary/aromatic N) is 1. The van der Waals surface area contributed by atoms with Gasteiger partial charge in [-0.3, -0.25) is 4.79 Å². The molecule has 1 aromatic rings. The lowest BCUT2D eigenvalue weighted by molar-refractivity contribution is -0.150. The molecule has 0 aromatic heterocycles. The SMILES string of the molecule is C/C=C\CC1C(OC(C)=O)CC(C)C2(c3ccc(OC)cc3C(C)CC)CCN(C)C1C2. The van der Waals surface area contributed by atoms with Gasteiger partial charge in [0.05, 0.1) is 7.11 Å². The van der Waals surface area contributed by atoms with Gasteiger partial charge in [0.15, 0.2) is 0 Å². The number of ether oxygens (including phenoxy) is 2. The largest absolute Gasteiger partial charge is 0.497 e. The number of benzene rings is 1. The standard InChI is InChI=1S/C28H43NO3/c1-8-10-11-23-26-18-28(14-15-29(26)6,20(4)16-27(23)32-21(5)30)25-13-12-22(31-7)17-24(25)19(3)9-2/h8,10,12-13,17,19-20,23,26-27H,9,11,14-16,18H2,1-7H3/b10-8-. The molecule has 2 bridgehead atoms. The number of methoxy groups -OCH3 is 1. The van der Waals surface area contributed by atoms with E-state index in [1.54, 1.807) is 14.0 Å². The van der Waals surface area contributed by atoms with Crippen LogP contribution in [0.5, 0.6) is 5.75 Å². The highest BCUT2D eigenvalue weighted by Gasteiger charge is 2.52. The van der Waals surface area contributed by atoms with Crippen molar-refractivity contribution >= 4 is 5.97 Å². The fourth-order valence-electron chi connectivity index (χ4n) is 6.30. The summed E-state index contributed by atoms with van der Waals surface area (Å²) in [7, 11) is 4.00. The Kier molecular flexibility index (Phi) is 8.08. The zero-order valence-electron chi connectivity index (χ0n) is 21.2. The first kappa shape index (κ1) is 24.8. The molecule has 0 N–H and O–H groups in total. The van der Waals surface area contributed by atoms with Crippen LogP contribution in [0.15, 0.2) is 30.4 Å². The summed E-state index contributed by atoms with van der Waals surface area (Å²) in [5.41, 5.74) is 3.01. The van der Waals surface area contributed by atoms with E-state index in [9.17, 15) is 4.79 Å². The van der Waals surface area contributed by atoms with Crippen LogP contribution < -0.4 is 4.74 Å². The van der Waals surface area contributed by atoms with Gasteiger partial charge in [0.2, 0.25) is 0 Å². The lowest BCUT2D eigenvalue weighted by Gasteiger charge is -2.49. The fourth-order valence-corrected chi connectivity index (χ4v) is 6.30. The number of hydrogen-bond acceptors (Lipinski definition) is 4. The van der Waals surface area contributed by atoms with Crippen LogP contribution >= 0.6 is 0 Å². The topological polar surface area (TPSA) is 38.8 Å². The van der Waals surface area contributed by atoms with Crippen LogP contribution in [0.2, 0.25) is 0 Å². The van der Waals surface area contributed by atoms with E-state index in [-0.39, 0.29) is 17.5 Å². The van der Waals surface area contributed by atoms with Crippen molar-refractivity contribution in [2.75, 3.05) is 20.7 Å². The molecule has 3 rings (SSSR count). The first-order chi connectivity index (χ1) is 15.3. The lowest BCUT2D eigenvalue weighted by atomic mass is 9.61. The molecule has 2 aliphatic rings. The Bertz CT molecular complexity index is 819. The van der Waals surface area contributed by atoms with Crippen LogP contribution in [0.25, 0.3) is 0 Å². The van der Waals surface area contributed by atoms with Crippen LogP contribution in [-0.2, 0) is 14.9 Å². The summed E-state index contributed by atoms with van der Waals surface area (Å²) in [6.07, 6.45) is 9.55. The molecular weight excluding hydrogens is 398 g/mol. The Hall–Kier alpha value is -1.81. The van der Waals surface area contributed by atoms with Gasteiger partial charge in [0.25, 0.3) is 0 Å². The molecular formula is C28H43NO3. The second kappa shape index (κ2) is 10.4. The molecule has 0 radical (unpaired) electrons. The maximum atomic E-state index is 12.1. The molecule has 6 atom stereocenters. The molecule has 2 fully saturated rings. The third-order valence-electron chi connectivity index (χ3n) is 8.45. The first-order valence-electron chi connectivity index (χ1n) is 12.4. The lowest BCUT2D eigenvalue weighted by Crippen LogP contribution is -2.52. The predicted molar refractivity (Wildman–Crippen MR) is 131 cm³/mol. The fraction of sp³-hybridized carbons (Fsp3) is 0.679. The van der Waals surface area contributed by atoms with Crippen molar-refractivity contribution in [2.24, 2.45) is 11.8 Å². The zero-order chi connectivity index (χ0) is 23.5. The predicted octanol–water partition coefficient (Wildman–Crippen LogP) is 6.09. The van der Waals surface area contributed by atoms with Crippen LogP contribution in [0.3, 0.4) is 0 Å². The maximum absolute atomic E-state index is 12.1. The van der Waals surface area contributed by atoms with E-state index >= 15 is 0 Å². The summed E-state index contributed by atoms with van der Waals surface area (Å²) >= 11 is 0. The molecule has 1 aliphatic heterocycles. The Balaban J connectivity index is 2.13. The van der Waals surface area contributed by atoms with Gasteiger partial charge in [-0.1, -0.05) is 39.0 Å². The van der Waals surface area contributed by atoms with Gasteiger partial charge >= 0.3 is 5.97 Å². The molecule has 1 heterocycles. The number of allylic oxidation sites excluding steroid dienone is 2. The van der Waals surface area contributed by atoms with Crippen LogP contribution in [-0.4, -0.2) is 43.7 Å². The van der Waals surface area contributed by atoms with Crippen LogP contribution in [0.4, 0.5) is 0 Å². The number of likely N-dealkylation sites (tertiary alicyclic amines) is 1. The second-order valence-corrected chi connectivity index (χ2v) is 10.2. The number of esters is 1. The molecule has 32 heavy (non-hydrogen) atoms. The van der Waals surface area contributed by atoms with E-state index in [0.717, 1.165) is 44.4 Å². The quantitative estimate of drug-likeness (QED) is 0.379. The van der Waals surface area contributed by atoms with Gasteiger partial charge in [-0.2, -0.15) is 0 Å². The van der Waals surface area contributed by atoms with Crippen LogP contribution in [0, 0.1) is 11.8 Å². The van der Waals surface area contributed by atoms with Crippen molar-refractivity contribution in [3.63, 3.8) is 0 Å². The minimum absolute atomic E-state index is 0.0450. The smallest absolute Gasteiger partial charge is 0.302 e. The Labute approximate surface area is 195 Å². The molecule has 4 heteroatoms. The number of piperidine rings is 1. The van der Waals surface area contributed by atoms with E-state index in [0.29, 0.717) is 23.8 Å². The van der Waals surface area contributed by atoms with Gasteiger partial charge < -0.3 is 14.4 Å². The van der Waals surface area contributed by atoms with E-state index in [1.165, 1.54) is 11.1 Å². The highest BCUT2D eigenvalue weighted by Crippen LogP contribution is 2.53. The summed E-state index contributed by atoms with van der Waals surface area (Å²) in [5, 5.41) is 0. The Morgan fingerprint density at radius 2 is 2.12 bits per heavy atom. The summed E-state index contributed by atoms with van der Waals surface area (Å²) in [4.78, 5) is 14.6. The molecule has 6 unspecified atom stereocenters. The van der Waals surface area contributed by atoms with Gasteiger partial charge in [0, 0.05) is 24.3 Å². The summed E-state index contributed by atoms with van der Waals surface area (Å²) in [6, 6.07) is 7.14. The number of fused-ring (bicyclic) bond motifs is 2. The first-order valence-corrected chi connectivity index (χ1v) is 12.4. The van der Waals surface area contributed by atoms with Gasteiger partial charge in [-0.15, -0.1) is 0 Å². The van der Waals surface area contributed by atoms with E-state index in [2.05, 4.69) is 70.0 Å². The molecule has 4 nitrogen and oxygen atoms in total. The molecule has 1 aliphatic carbocycles. The third-order valence-corrected chi connectivity index (χ3v) is 8.45. The molecule has 1 saturated heterocycles. The highest BCUT2D eigenvalue weighted by molar-refractivity contribution is 5.66. The summed E-state index contributed by atoms with van der Waals surface area (Å²) < 4.78 is 11.6. The van der Waals surface area contributed by atoms with E-state index < -0.39 is 0 Å². The Morgan fingerprint density at radius 1 is 1.38 bits per heavy atom. The molecule has 178 valence electrons. The normalized spacial score (nSPS) is 31.8. The van der Waals surface area contributed by atoms with E-state index in [4.69, 9.17) is 9.47 Å². The zero-order valence-corrected chi connectivity index (χ0v) is 21.2. The molecule has 1 saturated carbocycles. The second-order valence-electron chi connectivity index (χ2n) is 10.2. The summed E-state index contributed by atoms with van der Waals surface area (Å²) in [5.74, 6) is 2.00. The van der Waals surface area contributed by atoms with Gasteiger partial charge in [-0.05, 0) is 87.7 Å². The molecule has 0 amide bonds. The van der Waals surface area contributed by atoms with Crippen molar-refractivity contribution in [1.29, 1.82) is 0 Å². The van der Waals surface area contributed by atoms with Crippen molar-refractivity contribution in [2.45, 2.75) is 90.2 Å². The molecule has 0 spiro atoms. The van der Waals surface area contributed by atoms with Crippen LogP contribution in [0.1, 0.15) is 83.8 Å². The van der Waals surface area contributed by atoms with Crippen molar-refractivity contribution in [3.8, 4) is 5.75 Å². The van der Waals surface area contributed by atoms with Crippen molar-refractivity contribution < 1.29 is 14.3 Å². The summed E-state index contributed by atoms with van der Waals surface area (Å²) in [6.45, 7) is 11.7. The number of carbonyl (C=O) groups excluding carboxylic acids is 1. The highest BCUT2D eigenvalue weighted by atomic mass is 16.5. The third kappa shape index (κ3) is 4.76. The van der Waals surface area contributed by atoms with Crippen molar-refractivity contribution in [1.82, 2.24) is 4.90 Å². The van der Waals surface area contributed by atoms with E-state index in [1.807, 2.05) is 0 Å². The van der Waals surface area contributed by atoms with Crippen molar-refractivity contribution in [3.05, 3.63) is 41.5 Å². The minimum Gasteiger partial charge on any atom is -0.497 e. The average Bonchev–Trinajstić information content (AvgIpc) is 2.87.